The van der Waals surface area contributed by atoms with Crippen LogP contribution in [-0.4, -0.2) is 24.4 Å². The van der Waals surface area contributed by atoms with E-state index in [0.29, 0.717) is 18.0 Å². The lowest BCUT2D eigenvalue weighted by Crippen LogP contribution is -2.27. The average Bonchev–Trinajstić information content (AvgIpc) is 1.77. The summed E-state index contributed by atoms with van der Waals surface area (Å²) < 4.78 is 24.2. The van der Waals surface area contributed by atoms with Crippen LogP contribution < -0.4 is 0 Å². The average molecular weight is 158 g/mol. The quantitative estimate of drug-likeness (QED) is 0.484. The van der Waals surface area contributed by atoms with Gasteiger partial charge in [-0.05, 0) is 12.8 Å². The van der Waals surface area contributed by atoms with E-state index < -0.39 is 6.17 Å². The Hall–Kier alpha value is 0.110. The first-order valence-electron chi connectivity index (χ1n) is 2.84. The molecule has 0 atom stereocenters. The first-order valence-corrected chi connectivity index (χ1v) is 2.84. The van der Waals surface area contributed by atoms with Gasteiger partial charge in [-0.25, -0.2) is 4.39 Å². The van der Waals surface area contributed by atoms with Gasteiger partial charge in [-0.1, -0.05) is 0 Å². The highest BCUT2D eigenvalue weighted by Crippen LogP contribution is 2.12. The summed E-state index contributed by atoms with van der Waals surface area (Å²) in [6.45, 7) is 0.530. The largest absolute Gasteiger partial charge is 0.247 e. The van der Waals surface area contributed by atoms with Crippen LogP contribution >= 0.6 is 12.4 Å². The van der Waals surface area contributed by atoms with E-state index in [1.54, 1.807) is 0 Å². The van der Waals surface area contributed by atoms with Crippen LogP contribution in [0.15, 0.2) is 0 Å². The molecule has 0 aromatic rings. The van der Waals surface area contributed by atoms with E-state index in [1.165, 1.54) is 0 Å². The van der Waals surface area contributed by atoms with Gasteiger partial charge >= 0.3 is 0 Å². The second-order valence-corrected chi connectivity index (χ2v) is 2.08. The number of nitrogens with zero attached hydrogens (tertiary/aromatic N) is 1. The van der Waals surface area contributed by atoms with E-state index in [9.17, 15) is 8.87 Å². The molecule has 1 heterocycles. The number of halogens is 3. The van der Waals surface area contributed by atoms with Gasteiger partial charge in [0.2, 0.25) is 0 Å². The van der Waals surface area contributed by atoms with Crippen molar-refractivity contribution < 1.29 is 8.87 Å². The molecule has 0 aliphatic carbocycles. The molecule has 0 unspecified atom stereocenters. The molecule has 56 valence electrons. The molecule has 9 heavy (non-hydrogen) atoms. The normalized spacial score (nSPS) is 23.3. The first kappa shape index (κ1) is 9.11. The van der Waals surface area contributed by atoms with Crippen LogP contribution in [0, 0.1) is 0 Å². The van der Waals surface area contributed by atoms with Gasteiger partial charge in [-0.2, -0.15) is 0 Å². The highest BCUT2D eigenvalue weighted by atomic mass is 35.5. The zero-order valence-electron chi connectivity index (χ0n) is 5.02. The smallest absolute Gasteiger partial charge is 0.103 e. The molecular formula is C5H10ClF2N. The summed E-state index contributed by atoms with van der Waals surface area (Å²) in [5.74, 6) is 0. The van der Waals surface area contributed by atoms with Gasteiger partial charge in [-0.15, -0.1) is 22.0 Å². The monoisotopic (exact) mass is 157 g/mol. The minimum absolute atomic E-state index is 0. The maximum absolute atomic E-state index is 12.2. The standard InChI is InChI=1S/C5H9F2N.ClH/c6-5-1-3-8(7)4-2-5;/h5H,1-4H2;1H. The van der Waals surface area contributed by atoms with Crippen molar-refractivity contribution in [2.45, 2.75) is 19.0 Å². The summed E-state index contributed by atoms with van der Waals surface area (Å²) in [5, 5.41) is 0.663. The molecule has 0 amide bonds. The molecule has 0 radical (unpaired) electrons. The van der Waals surface area contributed by atoms with Gasteiger partial charge in [0.05, 0.1) is 0 Å². The van der Waals surface area contributed by atoms with Gasteiger partial charge in [0.15, 0.2) is 0 Å². The minimum Gasteiger partial charge on any atom is -0.247 e. The van der Waals surface area contributed by atoms with Crippen LogP contribution in [0.4, 0.5) is 8.87 Å². The summed E-state index contributed by atoms with van der Waals surface area (Å²) in [6, 6.07) is 0. The maximum atomic E-state index is 12.2. The Kier molecular flexibility index (Phi) is 4.06. The van der Waals surface area contributed by atoms with Crippen LogP contribution in [0.25, 0.3) is 0 Å². The molecule has 4 heteroatoms. The summed E-state index contributed by atoms with van der Waals surface area (Å²) >= 11 is 0. The molecule has 0 aromatic carbocycles. The van der Waals surface area contributed by atoms with Crippen molar-refractivity contribution in [2.24, 2.45) is 0 Å². The number of alkyl halides is 1. The van der Waals surface area contributed by atoms with E-state index in [2.05, 4.69) is 0 Å². The minimum atomic E-state index is -0.762. The summed E-state index contributed by atoms with van der Waals surface area (Å²) in [4.78, 5) is 0. The molecule has 0 spiro atoms. The predicted molar refractivity (Wildman–Crippen MR) is 34.1 cm³/mol. The van der Waals surface area contributed by atoms with Crippen molar-refractivity contribution in [1.82, 2.24) is 5.12 Å². The molecular weight excluding hydrogens is 148 g/mol. The lowest BCUT2D eigenvalue weighted by Gasteiger charge is -2.19. The SMILES string of the molecule is Cl.FC1CCN(F)CC1. The second-order valence-electron chi connectivity index (χ2n) is 2.08. The molecule has 1 fully saturated rings. The number of rotatable bonds is 0. The fourth-order valence-corrected chi connectivity index (χ4v) is 0.816. The third-order valence-electron chi connectivity index (χ3n) is 1.37. The predicted octanol–water partition coefficient (Wildman–Crippen LogP) is 1.73. The van der Waals surface area contributed by atoms with Crippen molar-refractivity contribution >= 4 is 12.4 Å². The van der Waals surface area contributed by atoms with E-state index in [1.807, 2.05) is 0 Å². The molecule has 0 saturated carbocycles. The molecule has 1 saturated heterocycles. The molecule has 0 N–H and O–H groups in total. The lowest BCUT2D eigenvalue weighted by atomic mass is 10.1. The topological polar surface area (TPSA) is 3.24 Å². The van der Waals surface area contributed by atoms with E-state index in [-0.39, 0.29) is 25.5 Å². The molecule has 1 aliphatic heterocycles. The number of hydrogen-bond acceptors (Lipinski definition) is 1. The molecule has 1 aliphatic rings. The number of piperidine rings is 1. The summed E-state index contributed by atoms with van der Waals surface area (Å²) in [5.41, 5.74) is 0. The van der Waals surface area contributed by atoms with Gasteiger partial charge in [0.25, 0.3) is 0 Å². The Labute approximate surface area is 59.4 Å². The fourth-order valence-electron chi connectivity index (χ4n) is 0.816. The Morgan fingerprint density at radius 2 is 1.67 bits per heavy atom. The lowest BCUT2D eigenvalue weighted by molar-refractivity contribution is -0.0145. The third kappa shape index (κ3) is 2.96. The fraction of sp³-hybridized carbons (Fsp3) is 1.00. The van der Waals surface area contributed by atoms with Gasteiger partial charge < -0.3 is 0 Å². The van der Waals surface area contributed by atoms with Gasteiger partial charge in [-0.3, -0.25) is 0 Å². The number of hydrogen-bond donors (Lipinski definition) is 0. The van der Waals surface area contributed by atoms with E-state index in [0.717, 1.165) is 0 Å². The Morgan fingerprint density at radius 3 is 2.00 bits per heavy atom. The van der Waals surface area contributed by atoms with Crippen LogP contribution in [-0.2, 0) is 0 Å². The Bertz CT molecular complexity index is 63.4. The van der Waals surface area contributed by atoms with Crippen LogP contribution in [0.1, 0.15) is 12.8 Å². The highest BCUT2D eigenvalue weighted by molar-refractivity contribution is 5.85. The van der Waals surface area contributed by atoms with Crippen LogP contribution in [0.5, 0.6) is 0 Å². The van der Waals surface area contributed by atoms with Gasteiger partial charge in [0, 0.05) is 13.1 Å². The van der Waals surface area contributed by atoms with Crippen molar-refractivity contribution in [3.8, 4) is 0 Å². The maximum Gasteiger partial charge on any atom is 0.103 e. The van der Waals surface area contributed by atoms with Crippen molar-refractivity contribution in [3.05, 3.63) is 0 Å². The van der Waals surface area contributed by atoms with Crippen molar-refractivity contribution in [1.29, 1.82) is 0 Å². The van der Waals surface area contributed by atoms with Gasteiger partial charge in [0.1, 0.15) is 6.17 Å². The highest BCUT2D eigenvalue weighted by Gasteiger charge is 2.16. The summed E-state index contributed by atoms with van der Waals surface area (Å²) in [6.07, 6.45) is -0.0468. The molecule has 1 rings (SSSR count). The second kappa shape index (κ2) is 4.01. The van der Waals surface area contributed by atoms with E-state index >= 15 is 0 Å². The Morgan fingerprint density at radius 1 is 1.22 bits per heavy atom. The summed E-state index contributed by atoms with van der Waals surface area (Å²) in [7, 11) is 0. The third-order valence-corrected chi connectivity index (χ3v) is 1.37. The van der Waals surface area contributed by atoms with Crippen LogP contribution in [0.2, 0.25) is 0 Å². The van der Waals surface area contributed by atoms with Crippen molar-refractivity contribution in [2.75, 3.05) is 13.1 Å². The molecule has 0 bridgehead atoms. The molecule has 0 aromatic heterocycles. The zero-order valence-corrected chi connectivity index (χ0v) is 5.83. The first-order chi connectivity index (χ1) is 3.79. The zero-order chi connectivity index (χ0) is 5.98. The van der Waals surface area contributed by atoms with Crippen LogP contribution in [0.3, 0.4) is 0 Å². The van der Waals surface area contributed by atoms with Crippen molar-refractivity contribution in [3.63, 3.8) is 0 Å². The Balaban J connectivity index is 0.000000640. The molecule has 1 nitrogen and oxygen atoms in total. The van der Waals surface area contributed by atoms with E-state index in [4.69, 9.17) is 0 Å².